The molecule has 32 heavy (non-hydrogen) atoms. The van der Waals surface area contributed by atoms with E-state index >= 15 is 0 Å². The Morgan fingerprint density at radius 3 is 2.69 bits per heavy atom. The third-order valence-corrected chi connectivity index (χ3v) is 5.26. The molecule has 3 heterocycles. The number of furan rings is 1. The minimum Gasteiger partial charge on any atom is -0.475 e. The summed E-state index contributed by atoms with van der Waals surface area (Å²) in [6.07, 6.45) is 7.34. The van der Waals surface area contributed by atoms with E-state index in [1.165, 1.54) is 19.3 Å². The summed E-state index contributed by atoms with van der Waals surface area (Å²) in [7, 11) is 1.65. The number of nitrogens with one attached hydrogen (secondary N) is 2. The lowest BCUT2D eigenvalue weighted by atomic mass is 10.1. The summed E-state index contributed by atoms with van der Waals surface area (Å²) in [5.74, 6) is 2.38. The molecule has 2 N–H and O–H groups in total. The Bertz CT molecular complexity index is 764. The molecule has 9 heteroatoms. The molecule has 1 unspecified atom stereocenters. The number of aromatic nitrogens is 1. The Kier molecular flexibility index (Phi) is 12.4. The van der Waals surface area contributed by atoms with Gasteiger partial charge in [-0.15, -0.1) is 24.0 Å². The number of halogens is 1. The summed E-state index contributed by atoms with van der Waals surface area (Å²) in [5, 5.41) is 6.83. The Morgan fingerprint density at radius 1 is 1.19 bits per heavy atom. The molecule has 0 saturated carbocycles. The van der Waals surface area contributed by atoms with Gasteiger partial charge in [0.05, 0.1) is 25.5 Å². The van der Waals surface area contributed by atoms with Crippen molar-refractivity contribution >= 4 is 29.9 Å². The van der Waals surface area contributed by atoms with Crippen molar-refractivity contribution in [3.63, 3.8) is 0 Å². The molecule has 1 saturated heterocycles. The van der Waals surface area contributed by atoms with E-state index in [4.69, 9.17) is 18.9 Å². The summed E-state index contributed by atoms with van der Waals surface area (Å²) in [6, 6.07) is 8.07. The SMILES string of the molecule is CCNC(=NCc1ccc(OCCOC)nc1)NCC(c1ccco1)N1CCCCC1.I. The van der Waals surface area contributed by atoms with Gasteiger partial charge in [-0.25, -0.2) is 9.98 Å². The van der Waals surface area contributed by atoms with Crippen molar-refractivity contribution in [2.24, 2.45) is 4.99 Å². The van der Waals surface area contributed by atoms with Crippen molar-refractivity contribution in [1.29, 1.82) is 0 Å². The van der Waals surface area contributed by atoms with Crippen LogP contribution in [0.3, 0.4) is 0 Å². The van der Waals surface area contributed by atoms with Gasteiger partial charge in [-0.3, -0.25) is 4.90 Å². The van der Waals surface area contributed by atoms with Gasteiger partial charge in [0.1, 0.15) is 12.4 Å². The summed E-state index contributed by atoms with van der Waals surface area (Å²) in [5.41, 5.74) is 1.02. The first-order valence-electron chi connectivity index (χ1n) is 11.2. The van der Waals surface area contributed by atoms with Gasteiger partial charge in [-0.2, -0.15) is 0 Å². The van der Waals surface area contributed by atoms with Gasteiger partial charge in [0.15, 0.2) is 5.96 Å². The van der Waals surface area contributed by atoms with E-state index in [0.717, 1.165) is 43.5 Å². The maximum Gasteiger partial charge on any atom is 0.213 e. The van der Waals surface area contributed by atoms with Gasteiger partial charge in [0, 0.05) is 32.5 Å². The first-order valence-corrected chi connectivity index (χ1v) is 11.2. The van der Waals surface area contributed by atoms with Crippen molar-refractivity contribution in [2.45, 2.75) is 38.8 Å². The highest BCUT2D eigenvalue weighted by atomic mass is 127. The monoisotopic (exact) mass is 557 g/mol. The third-order valence-electron chi connectivity index (χ3n) is 5.26. The van der Waals surface area contributed by atoms with E-state index in [9.17, 15) is 0 Å². The Morgan fingerprint density at radius 2 is 2.03 bits per heavy atom. The number of nitrogens with zero attached hydrogens (tertiary/aromatic N) is 3. The van der Waals surface area contributed by atoms with Gasteiger partial charge in [0.2, 0.25) is 5.88 Å². The second-order valence-corrected chi connectivity index (χ2v) is 7.55. The number of rotatable bonds is 11. The highest BCUT2D eigenvalue weighted by molar-refractivity contribution is 14.0. The van der Waals surface area contributed by atoms with Crippen LogP contribution in [0.15, 0.2) is 46.1 Å². The highest BCUT2D eigenvalue weighted by Crippen LogP contribution is 2.24. The molecule has 1 aliphatic rings. The average Bonchev–Trinajstić information content (AvgIpc) is 3.34. The number of hydrogen-bond donors (Lipinski definition) is 2. The predicted molar refractivity (Wildman–Crippen MR) is 137 cm³/mol. The molecule has 178 valence electrons. The summed E-state index contributed by atoms with van der Waals surface area (Å²) < 4.78 is 16.2. The zero-order chi connectivity index (χ0) is 21.7. The molecule has 2 aromatic heterocycles. The van der Waals surface area contributed by atoms with Crippen molar-refractivity contribution in [3.8, 4) is 5.88 Å². The fraction of sp³-hybridized carbons (Fsp3) is 0.565. The number of ether oxygens (including phenoxy) is 2. The number of pyridine rings is 1. The Labute approximate surface area is 208 Å². The summed E-state index contributed by atoms with van der Waals surface area (Å²) in [6.45, 7) is 7.38. The second-order valence-electron chi connectivity index (χ2n) is 7.55. The number of hydrogen-bond acceptors (Lipinski definition) is 6. The van der Waals surface area contributed by atoms with Gasteiger partial charge in [-0.1, -0.05) is 12.5 Å². The lowest BCUT2D eigenvalue weighted by Crippen LogP contribution is -2.44. The standard InChI is InChI=1S/C23H35N5O3.HI/c1-3-24-23(26-17-19-9-10-22(25-16-19)31-15-14-29-2)27-18-20(21-8-7-13-30-21)28-11-5-4-6-12-28;/h7-10,13,16,20H,3-6,11-12,14-15,17-18H2,1-2H3,(H2,24,26,27);1H. The van der Waals surface area contributed by atoms with Crippen molar-refractivity contribution in [2.75, 3.05) is 46.5 Å². The number of likely N-dealkylation sites (tertiary alicyclic amines) is 1. The third kappa shape index (κ3) is 8.59. The molecule has 0 amide bonds. The lowest BCUT2D eigenvalue weighted by molar-refractivity contribution is 0.143. The van der Waals surface area contributed by atoms with E-state index in [-0.39, 0.29) is 30.0 Å². The minimum atomic E-state index is 0. The van der Waals surface area contributed by atoms with Gasteiger partial charge in [-0.05, 0) is 50.6 Å². The van der Waals surface area contributed by atoms with Crippen LogP contribution >= 0.6 is 24.0 Å². The molecule has 3 rings (SSSR count). The van der Waals surface area contributed by atoms with Gasteiger partial charge >= 0.3 is 0 Å². The molecule has 0 spiro atoms. The van der Waals surface area contributed by atoms with Crippen molar-refractivity contribution < 1.29 is 13.9 Å². The van der Waals surface area contributed by atoms with E-state index < -0.39 is 0 Å². The number of piperidine rings is 1. The molecule has 1 aliphatic heterocycles. The Hall–Kier alpha value is -1.85. The maximum absolute atomic E-state index is 5.75. The number of aliphatic imine (C=N–C) groups is 1. The minimum absolute atomic E-state index is 0. The maximum atomic E-state index is 5.75. The van der Waals surface area contributed by atoms with Crippen LogP contribution in [0.1, 0.15) is 43.6 Å². The molecule has 0 radical (unpaired) electrons. The molecule has 8 nitrogen and oxygen atoms in total. The fourth-order valence-electron chi connectivity index (χ4n) is 3.65. The molecule has 2 aromatic rings. The number of methoxy groups -OCH3 is 1. The van der Waals surface area contributed by atoms with Crippen molar-refractivity contribution in [3.05, 3.63) is 48.0 Å². The molecule has 0 aromatic carbocycles. The second kappa shape index (κ2) is 15.1. The number of guanidine groups is 1. The van der Waals surface area contributed by atoms with Crippen LogP contribution < -0.4 is 15.4 Å². The average molecular weight is 557 g/mol. The van der Waals surface area contributed by atoms with E-state index in [1.807, 2.05) is 18.2 Å². The summed E-state index contributed by atoms with van der Waals surface area (Å²) in [4.78, 5) is 11.6. The lowest BCUT2D eigenvalue weighted by Gasteiger charge is -2.33. The van der Waals surface area contributed by atoms with Gasteiger partial charge in [0.25, 0.3) is 0 Å². The first-order chi connectivity index (χ1) is 15.3. The zero-order valence-electron chi connectivity index (χ0n) is 19.1. The van der Waals surface area contributed by atoms with Crippen LogP contribution in [0, 0.1) is 0 Å². The van der Waals surface area contributed by atoms with E-state index in [0.29, 0.717) is 25.6 Å². The van der Waals surface area contributed by atoms with Crippen LogP contribution in [-0.4, -0.2) is 62.3 Å². The predicted octanol–water partition coefficient (Wildman–Crippen LogP) is 3.60. The normalized spacial score (nSPS) is 15.6. The topological polar surface area (TPSA) is 84.2 Å². The summed E-state index contributed by atoms with van der Waals surface area (Å²) >= 11 is 0. The molecule has 0 bridgehead atoms. The Balaban J connectivity index is 0.00000363. The molecular weight excluding hydrogens is 521 g/mol. The fourth-order valence-corrected chi connectivity index (χ4v) is 3.65. The molecule has 1 fully saturated rings. The smallest absolute Gasteiger partial charge is 0.213 e. The van der Waals surface area contributed by atoms with Crippen LogP contribution in [0.4, 0.5) is 0 Å². The highest BCUT2D eigenvalue weighted by Gasteiger charge is 2.24. The largest absolute Gasteiger partial charge is 0.475 e. The van der Waals surface area contributed by atoms with Crippen molar-refractivity contribution in [1.82, 2.24) is 20.5 Å². The molecular formula is C23H36IN5O3. The molecule has 0 aliphatic carbocycles. The van der Waals surface area contributed by atoms with Crippen LogP contribution in [0.5, 0.6) is 5.88 Å². The quantitative estimate of drug-likeness (QED) is 0.189. The first kappa shape index (κ1) is 26.4. The van der Waals surface area contributed by atoms with E-state index in [2.05, 4.69) is 33.5 Å². The van der Waals surface area contributed by atoms with Crippen LogP contribution in [0.2, 0.25) is 0 Å². The van der Waals surface area contributed by atoms with Gasteiger partial charge < -0.3 is 24.5 Å². The van der Waals surface area contributed by atoms with Crippen LogP contribution in [-0.2, 0) is 11.3 Å². The van der Waals surface area contributed by atoms with E-state index in [1.54, 1.807) is 19.6 Å². The molecule has 1 atom stereocenters. The zero-order valence-corrected chi connectivity index (χ0v) is 21.4. The van der Waals surface area contributed by atoms with Crippen LogP contribution in [0.25, 0.3) is 0 Å².